The van der Waals surface area contributed by atoms with Gasteiger partial charge in [-0.25, -0.2) is 4.98 Å². The first kappa shape index (κ1) is 15.6. The fraction of sp³-hybridized carbons (Fsp3) is 0.316. The fourth-order valence-corrected chi connectivity index (χ4v) is 2.66. The third-order valence-electron chi connectivity index (χ3n) is 3.81. The van der Waals surface area contributed by atoms with Crippen molar-refractivity contribution in [3.8, 4) is 5.75 Å². The quantitative estimate of drug-likeness (QED) is 0.782. The summed E-state index contributed by atoms with van der Waals surface area (Å²) in [7, 11) is 0. The number of aryl methyl sites for hydroxylation is 1. The van der Waals surface area contributed by atoms with Gasteiger partial charge in [0.15, 0.2) is 0 Å². The number of rotatable bonds is 5. The molecule has 4 heteroatoms. The summed E-state index contributed by atoms with van der Waals surface area (Å²) in [6.45, 7) is 6.72. The monoisotopic (exact) mass is 310 g/mol. The van der Waals surface area contributed by atoms with Crippen LogP contribution in [-0.4, -0.2) is 21.3 Å². The van der Waals surface area contributed by atoms with Crippen molar-refractivity contribution in [2.45, 2.75) is 32.9 Å². The second-order valence-electron chi connectivity index (χ2n) is 6.30. The molecule has 0 saturated carbocycles. The number of para-hydroxylation sites is 2. The first-order chi connectivity index (χ1) is 10.9. The lowest BCUT2D eigenvalue weighted by molar-refractivity contribution is 0.0644. The van der Waals surface area contributed by atoms with E-state index in [1.54, 1.807) is 13.8 Å². The second-order valence-corrected chi connectivity index (χ2v) is 6.30. The number of nitrogens with zero attached hydrogens (tertiary/aromatic N) is 2. The highest BCUT2D eigenvalue weighted by Gasteiger charge is 2.24. The van der Waals surface area contributed by atoms with Crippen molar-refractivity contribution < 1.29 is 9.84 Å². The number of aromatic nitrogens is 2. The van der Waals surface area contributed by atoms with Crippen LogP contribution in [0.5, 0.6) is 5.75 Å². The minimum Gasteiger partial charge on any atom is -0.492 e. The standard InChI is InChI=1S/C19H22N2O2/c1-14-8-10-15(11-9-14)23-13-12-21-17-7-5-4-6-16(17)20-18(21)19(2,3)22/h4-11,22H,12-13H2,1-3H3. The van der Waals surface area contributed by atoms with Gasteiger partial charge >= 0.3 is 0 Å². The molecular weight excluding hydrogens is 288 g/mol. The molecule has 120 valence electrons. The maximum atomic E-state index is 10.4. The summed E-state index contributed by atoms with van der Waals surface area (Å²) in [5.74, 6) is 1.51. The lowest BCUT2D eigenvalue weighted by Gasteiger charge is -2.19. The number of fused-ring (bicyclic) bond motifs is 1. The number of ether oxygens (including phenoxy) is 1. The van der Waals surface area contributed by atoms with Crippen LogP contribution in [-0.2, 0) is 12.1 Å². The van der Waals surface area contributed by atoms with Crippen molar-refractivity contribution >= 4 is 11.0 Å². The van der Waals surface area contributed by atoms with Gasteiger partial charge in [-0.2, -0.15) is 0 Å². The summed E-state index contributed by atoms with van der Waals surface area (Å²) in [4.78, 5) is 4.58. The van der Waals surface area contributed by atoms with Gasteiger partial charge in [0.1, 0.15) is 23.8 Å². The topological polar surface area (TPSA) is 47.3 Å². The minimum atomic E-state index is -0.997. The summed E-state index contributed by atoms with van der Waals surface area (Å²) in [6, 6.07) is 15.9. The van der Waals surface area contributed by atoms with Crippen LogP contribution in [0.2, 0.25) is 0 Å². The summed E-state index contributed by atoms with van der Waals surface area (Å²) in [5, 5.41) is 10.4. The van der Waals surface area contributed by atoms with Crippen LogP contribution in [0.3, 0.4) is 0 Å². The summed E-state index contributed by atoms with van der Waals surface area (Å²) >= 11 is 0. The van der Waals surface area contributed by atoms with E-state index in [2.05, 4.69) is 11.9 Å². The van der Waals surface area contributed by atoms with Crippen molar-refractivity contribution in [3.05, 3.63) is 59.9 Å². The van der Waals surface area contributed by atoms with Crippen molar-refractivity contribution in [2.24, 2.45) is 0 Å². The molecule has 3 rings (SSSR count). The Balaban J connectivity index is 1.82. The zero-order chi connectivity index (χ0) is 16.4. The first-order valence-corrected chi connectivity index (χ1v) is 7.83. The SMILES string of the molecule is Cc1ccc(OCCn2c(C(C)(C)O)nc3ccccc32)cc1. The van der Waals surface area contributed by atoms with Crippen LogP contribution >= 0.6 is 0 Å². The van der Waals surface area contributed by atoms with E-state index >= 15 is 0 Å². The average Bonchev–Trinajstić information content (AvgIpc) is 2.89. The molecule has 1 heterocycles. The third-order valence-corrected chi connectivity index (χ3v) is 3.81. The van der Waals surface area contributed by atoms with Gasteiger partial charge in [0.05, 0.1) is 17.6 Å². The van der Waals surface area contributed by atoms with Crippen LogP contribution in [0.25, 0.3) is 11.0 Å². The van der Waals surface area contributed by atoms with Crippen LogP contribution in [0.15, 0.2) is 48.5 Å². The predicted molar refractivity (Wildman–Crippen MR) is 91.7 cm³/mol. The zero-order valence-corrected chi connectivity index (χ0v) is 13.8. The van der Waals surface area contributed by atoms with Gasteiger partial charge in [-0.05, 0) is 45.0 Å². The summed E-state index contributed by atoms with van der Waals surface area (Å²) in [5.41, 5.74) is 2.11. The lowest BCUT2D eigenvalue weighted by atomic mass is 10.1. The molecule has 0 aliphatic heterocycles. The van der Waals surface area contributed by atoms with Gasteiger partial charge < -0.3 is 14.4 Å². The van der Waals surface area contributed by atoms with E-state index in [-0.39, 0.29) is 0 Å². The molecule has 1 aromatic heterocycles. The molecule has 0 unspecified atom stereocenters. The van der Waals surface area contributed by atoms with Crippen LogP contribution in [0, 0.1) is 6.92 Å². The van der Waals surface area contributed by atoms with E-state index in [1.165, 1.54) is 5.56 Å². The molecule has 0 fully saturated rings. The molecule has 0 atom stereocenters. The highest BCUT2D eigenvalue weighted by molar-refractivity contribution is 5.76. The Hall–Kier alpha value is -2.33. The highest BCUT2D eigenvalue weighted by atomic mass is 16.5. The van der Waals surface area contributed by atoms with E-state index < -0.39 is 5.60 Å². The molecule has 2 aromatic carbocycles. The Morgan fingerprint density at radius 2 is 1.78 bits per heavy atom. The molecule has 0 saturated heterocycles. The molecule has 0 spiro atoms. The number of aliphatic hydroxyl groups is 1. The smallest absolute Gasteiger partial charge is 0.141 e. The van der Waals surface area contributed by atoms with Crippen LogP contribution in [0.1, 0.15) is 25.2 Å². The maximum absolute atomic E-state index is 10.4. The largest absolute Gasteiger partial charge is 0.492 e. The molecular formula is C19H22N2O2. The van der Waals surface area contributed by atoms with Crippen molar-refractivity contribution in [2.75, 3.05) is 6.61 Å². The van der Waals surface area contributed by atoms with Crippen molar-refractivity contribution in [1.82, 2.24) is 9.55 Å². The molecule has 0 bridgehead atoms. The molecule has 1 N–H and O–H groups in total. The van der Waals surface area contributed by atoms with Crippen molar-refractivity contribution in [1.29, 1.82) is 0 Å². The lowest BCUT2D eigenvalue weighted by Crippen LogP contribution is -2.23. The average molecular weight is 310 g/mol. The van der Waals surface area contributed by atoms with Gasteiger partial charge in [0.25, 0.3) is 0 Å². The Bertz CT molecular complexity index is 798. The van der Waals surface area contributed by atoms with Gasteiger partial charge in [-0.3, -0.25) is 0 Å². The molecule has 0 aliphatic carbocycles. The maximum Gasteiger partial charge on any atom is 0.141 e. The minimum absolute atomic E-state index is 0.520. The van der Waals surface area contributed by atoms with E-state index in [0.717, 1.165) is 16.8 Å². The Labute approximate surface area is 136 Å². The number of benzene rings is 2. The summed E-state index contributed by atoms with van der Waals surface area (Å²) in [6.07, 6.45) is 0. The summed E-state index contributed by atoms with van der Waals surface area (Å²) < 4.78 is 7.85. The van der Waals surface area contributed by atoms with Gasteiger partial charge in [0.2, 0.25) is 0 Å². The van der Waals surface area contributed by atoms with Gasteiger partial charge in [0, 0.05) is 0 Å². The van der Waals surface area contributed by atoms with Crippen LogP contribution < -0.4 is 4.74 Å². The Morgan fingerprint density at radius 1 is 1.09 bits per heavy atom. The van der Waals surface area contributed by atoms with E-state index in [1.807, 2.05) is 53.1 Å². The first-order valence-electron chi connectivity index (χ1n) is 7.83. The molecule has 0 aliphatic rings. The van der Waals surface area contributed by atoms with E-state index in [4.69, 9.17) is 4.74 Å². The highest BCUT2D eigenvalue weighted by Crippen LogP contribution is 2.24. The zero-order valence-electron chi connectivity index (χ0n) is 13.8. The normalized spacial score (nSPS) is 11.8. The van der Waals surface area contributed by atoms with Gasteiger partial charge in [-0.15, -0.1) is 0 Å². The Kier molecular flexibility index (Phi) is 4.09. The molecule has 4 nitrogen and oxygen atoms in total. The van der Waals surface area contributed by atoms with E-state index in [9.17, 15) is 5.11 Å². The molecule has 0 radical (unpaired) electrons. The van der Waals surface area contributed by atoms with Crippen LogP contribution in [0.4, 0.5) is 0 Å². The molecule has 23 heavy (non-hydrogen) atoms. The molecule has 3 aromatic rings. The second kappa shape index (κ2) is 6.05. The third kappa shape index (κ3) is 3.37. The fourth-order valence-electron chi connectivity index (χ4n) is 2.66. The molecule has 0 amide bonds. The van der Waals surface area contributed by atoms with Gasteiger partial charge in [-0.1, -0.05) is 29.8 Å². The number of imidazole rings is 1. The number of hydrogen-bond donors (Lipinski definition) is 1. The predicted octanol–water partition coefficient (Wildman–Crippen LogP) is 3.65. The van der Waals surface area contributed by atoms with E-state index in [0.29, 0.717) is 19.0 Å². The Morgan fingerprint density at radius 3 is 2.48 bits per heavy atom. The van der Waals surface area contributed by atoms with Crippen molar-refractivity contribution in [3.63, 3.8) is 0 Å². The number of hydrogen-bond acceptors (Lipinski definition) is 3.